The van der Waals surface area contributed by atoms with E-state index in [1.54, 1.807) is 31.6 Å². The molecular weight excluding hydrogens is 298 g/mol. The van der Waals surface area contributed by atoms with Crippen LogP contribution in [-0.2, 0) is 9.53 Å². The van der Waals surface area contributed by atoms with Crippen LogP contribution in [0.25, 0.3) is 6.08 Å². The van der Waals surface area contributed by atoms with Crippen molar-refractivity contribution in [3.05, 3.63) is 58.3 Å². The van der Waals surface area contributed by atoms with Crippen LogP contribution < -0.4 is 10.1 Å². The van der Waals surface area contributed by atoms with E-state index in [4.69, 9.17) is 9.47 Å². The molecule has 116 valence electrons. The highest BCUT2D eigenvalue weighted by Crippen LogP contribution is 2.21. The van der Waals surface area contributed by atoms with Gasteiger partial charge in [-0.1, -0.05) is 18.2 Å². The minimum Gasteiger partial charge on any atom is -0.497 e. The van der Waals surface area contributed by atoms with Crippen LogP contribution in [0.2, 0.25) is 0 Å². The summed E-state index contributed by atoms with van der Waals surface area (Å²) >= 11 is 1.59. The van der Waals surface area contributed by atoms with Gasteiger partial charge in [-0.15, -0.1) is 11.3 Å². The standard InChI is InChI=1S/C17H19NO3S/c1-20-14-6-3-5-13(11-14)16(21-2)12-18-17(19)9-8-15-7-4-10-22-15/h3-11,16H,12H2,1-2H3,(H,18,19)/b9-8+. The van der Waals surface area contributed by atoms with Crippen LogP contribution in [0.4, 0.5) is 0 Å². The second kappa shape index (κ2) is 8.36. The molecule has 4 nitrogen and oxygen atoms in total. The quantitative estimate of drug-likeness (QED) is 0.797. The Hall–Kier alpha value is -2.11. The minimum atomic E-state index is -0.214. The minimum absolute atomic E-state index is 0.140. The van der Waals surface area contributed by atoms with E-state index < -0.39 is 0 Å². The maximum absolute atomic E-state index is 11.8. The van der Waals surface area contributed by atoms with Gasteiger partial charge in [0.25, 0.3) is 0 Å². The van der Waals surface area contributed by atoms with E-state index >= 15 is 0 Å². The van der Waals surface area contributed by atoms with Crippen molar-refractivity contribution in [3.63, 3.8) is 0 Å². The molecule has 2 aromatic rings. The molecular formula is C17H19NO3S. The summed E-state index contributed by atoms with van der Waals surface area (Å²) < 4.78 is 10.6. The smallest absolute Gasteiger partial charge is 0.244 e. The highest BCUT2D eigenvalue weighted by Gasteiger charge is 2.12. The number of nitrogens with one attached hydrogen (secondary N) is 1. The molecule has 2 rings (SSSR count). The monoisotopic (exact) mass is 317 g/mol. The van der Waals surface area contributed by atoms with Crippen LogP contribution in [0.5, 0.6) is 5.75 Å². The normalized spacial score (nSPS) is 12.3. The molecule has 1 aromatic carbocycles. The summed E-state index contributed by atoms with van der Waals surface area (Å²) in [6.45, 7) is 0.400. The number of benzene rings is 1. The summed E-state index contributed by atoms with van der Waals surface area (Å²) in [6, 6.07) is 11.5. The number of amides is 1. The molecule has 0 bridgehead atoms. The maximum atomic E-state index is 11.8. The summed E-state index contributed by atoms with van der Waals surface area (Å²) in [4.78, 5) is 12.9. The molecule has 1 N–H and O–H groups in total. The van der Waals surface area contributed by atoms with E-state index in [0.29, 0.717) is 6.54 Å². The molecule has 22 heavy (non-hydrogen) atoms. The Morgan fingerprint density at radius 1 is 1.32 bits per heavy atom. The van der Waals surface area contributed by atoms with Crippen molar-refractivity contribution in [3.8, 4) is 5.75 Å². The molecule has 0 saturated heterocycles. The van der Waals surface area contributed by atoms with Gasteiger partial charge < -0.3 is 14.8 Å². The summed E-state index contributed by atoms with van der Waals surface area (Å²) in [5.41, 5.74) is 0.962. The lowest BCUT2D eigenvalue weighted by atomic mass is 10.1. The van der Waals surface area contributed by atoms with Gasteiger partial charge >= 0.3 is 0 Å². The Labute approximate surface area is 134 Å². The first-order chi connectivity index (χ1) is 10.7. The molecule has 0 aliphatic heterocycles. The summed E-state index contributed by atoms with van der Waals surface area (Å²) in [5, 5.41) is 4.82. The Morgan fingerprint density at radius 3 is 2.86 bits per heavy atom. The van der Waals surface area contributed by atoms with Gasteiger partial charge in [-0.2, -0.15) is 0 Å². The number of rotatable bonds is 7. The van der Waals surface area contributed by atoms with Gasteiger partial charge in [-0.3, -0.25) is 4.79 Å². The third kappa shape index (κ3) is 4.72. The Kier molecular flexibility index (Phi) is 6.18. The number of methoxy groups -OCH3 is 2. The van der Waals surface area contributed by atoms with E-state index in [1.807, 2.05) is 41.8 Å². The fourth-order valence-corrected chi connectivity index (χ4v) is 2.59. The van der Waals surface area contributed by atoms with Gasteiger partial charge in [-0.05, 0) is 35.2 Å². The highest BCUT2D eigenvalue weighted by molar-refractivity contribution is 7.10. The van der Waals surface area contributed by atoms with Gasteiger partial charge in [0.2, 0.25) is 5.91 Å². The first kappa shape index (κ1) is 16.3. The van der Waals surface area contributed by atoms with Gasteiger partial charge in [0, 0.05) is 24.6 Å². The fraction of sp³-hybridized carbons (Fsp3) is 0.235. The highest BCUT2D eigenvalue weighted by atomic mass is 32.1. The van der Waals surface area contributed by atoms with Crippen molar-refractivity contribution in [2.24, 2.45) is 0 Å². The zero-order valence-electron chi connectivity index (χ0n) is 12.6. The van der Waals surface area contributed by atoms with E-state index in [-0.39, 0.29) is 12.0 Å². The zero-order chi connectivity index (χ0) is 15.8. The van der Waals surface area contributed by atoms with Crippen LogP contribution in [-0.4, -0.2) is 26.7 Å². The third-order valence-corrected chi connectivity index (χ3v) is 3.99. The Morgan fingerprint density at radius 2 is 2.18 bits per heavy atom. The summed E-state index contributed by atoms with van der Waals surface area (Å²) in [5.74, 6) is 0.627. The SMILES string of the molecule is COc1cccc(C(CNC(=O)/C=C/c2cccs2)OC)c1. The molecule has 5 heteroatoms. The van der Waals surface area contributed by atoms with Crippen LogP contribution in [0, 0.1) is 0 Å². The molecule has 0 fully saturated rings. The topological polar surface area (TPSA) is 47.6 Å². The van der Waals surface area contributed by atoms with Crippen LogP contribution in [0.15, 0.2) is 47.9 Å². The lowest BCUT2D eigenvalue weighted by Gasteiger charge is -2.16. The Bertz CT molecular complexity index is 623. The number of ether oxygens (including phenoxy) is 2. The molecule has 1 amide bonds. The second-order valence-corrected chi connectivity index (χ2v) is 5.57. The second-order valence-electron chi connectivity index (χ2n) is 4.59. The molecule has 0 aliphatic rings. The number of hydrogen-bond donors (Lipinski definition) is 1. The number of carbonyl (C=O) groups is 1. The van der Waals surface area contributed by atoms with E-state index in [9.17, 15) is 4.79 Å². The lowest BCUT2D eigenvalue weighted by Crippen LogP contribution is -2.27. The largest absolute Gasteiger partial charge is 0.497 e. The first-order valence-corrected chi connectivity index (χ1v) is 7.77. The van der Waals surface area contributed by atoms with Crippen molar-refractivity contribution in [1.82, 2.24) is 5.32 Å². The van der Waals surface area contributed by atoms with E-state index in [2.05, 4.69) is 5.32 Å². The molecule has 0 radical (unpaired) electrons. The van der Waals surface area contributed by atoms with Crippen LogP contribution in [0.3, 0.4) is 0 Å². The van der Waals surface area contributed by atoms with Crippen molar-refractivity contribution < 1.29 is 14.3 Å². The number of hydrogen-bond acceptors (Lipinski definition) is 4. The molecule has 1 aromatic heterocycles. The first-order valence-electron chi connectivity index (χ1n) is 6.89. The average Bonchev–Trinajstić information content (AvgIpc) is 3.07. The number of thiophene rings is 1. The van der Waals surface area contributed by atoms with Gasteiger partial charge in [-0.25, -0.2) is 0 Å². The van der Waals surface area contributed by atoms with Gasteiger partial charge in [0.15, 0.2) is 0 Å². The van der Waals surface area contributed by atoms with Crippen molar-refractivity contribution in [2.45, 2.75) is 6.10 Å². The molecule has 0 saturated carbocycles. The summed E-state index contributed by atoms with van der Waals surface area (Å²) in [7, 11) is 3.25. The third-order valence-electron chi connectivity index (χ3n) is 3.15. The lowest BCUT2D eigenvalue weighted by molar-refractivity contribution is -0.117. The van der Waals surface area contributed by atoms with Crippen molar-refractivity contribution in [1.29, 1.82) is 0 Å². The van der Waals surface area contributed by atoms with Gasteiger partial charge in [0.1, 0.15) is 5.75 Å². The molecule has 1 atom stereocenters. The molecule has 1 heterocycles. The predicted octanol–water partition coefficient (Wildman–Crippen LogP) is 3.27. The van der Waals surface area contributed by atoms with Crippen LogP contribution >= 0.6 is 11.3 Å². The predicted molar refractivity (Wildman–Crippen MR) is 89.1 cm³/mol. The maximum Gasteiger partial charge on any atom is 0.244 e. The van der Waals surface area contributed by atoms with Crippen molar-refractivity contribution >= 4 is 23.3 Å². The van der Waals surface area contributed by atoms with E-state index in [1.165, 1.54) is 6.08 Å². The molecule has 0 spiro atoms. The van der Waals surface area contributed by atoms with Gasteiger partial charge in [0.05, 0.1) is 13.2 Å². The zero-order valence-corrected chi connectivity index (χ0v) is 13.4. The fourth-order valence-electron chi connectivity index (χ4n) is 1.98. The molecule has 0 aliphatic carbocycles. The molecule has 1 unspecified atom stereocenters. The van der Waals surface area contributed by atoms with Crippen molar-refractivity contribution in [2.75, 3.05) is 20.8 Å². The Balaban J connectivity index is 1.91. The average molecular weight is 317 g/mol. The van der Waals surface area contributed by atoms with Crippen LogP contribution in [0.1, 0.15) is 16.5 Å². The summed E-state index contributed by atoms with van der Waals surface area (Å²) in [6.07, 6.45) is 3.12. The number of carbonyl (C=O) groups excluding carboxylic acids is 1. The van der Waals surface area contributed by atoms with E-state index in [0.717, 1.165) is 16.2 Å².